The van der Waals surface area contributed by atoms with Crippen LogP contribution in [0, 0.1) is 0 Å². The Balaban J connectivity index is 1.39. The maximum atomic E-state index is 6.69. The van der Waals surface area contributed by atoms with Crippen molar-refractivity contribution >= 4 is 40.3 Å². The summed E-state index contributed by atoms with van der Waals surface area (Å²) in [6, 6.07) is 46.7. The lowest BCUT2D eigenvalue weighted by atomic mass is 9.72. The Morgan fingerprint density at radius 2 is 0.894 bits per heavy atom. The average Bonchev–Trinajstić information content (AvgIpc) is 3.10. The van der Waals surface area contributed by atoms with Gasteiger partial charge in [0, 0.05) is 16.5 Å². The minimum atomic E-state index is -0.303. The van der Waals surface area contributed by atoms with Crippen molar-refractivity contribution < 1.29 is 0 Å². The largest absolute Gasteiger partial charge is 0.310 e. The molecule has 0 spiro atoms. The van der Waals surface area contributed by atoms with Crippen molar-refractivity contribution in [1.29, 1.82) is 0 Å². The van der Waals surface area contributed by atoms with Crippen LogP contribution in [0.3, 0.4) is 0 Å². The molecule has 6 aromatic carbocycles. The van der Waals surface area contributed by atoms with E-state index in [2.05, 4.69) is 160 Å². The molecule has 232 valence electrons. The van der Waals surface area contributed by atoms with Crippen LogP contribution in [-0.4, -0.2) is 0 Å². The molecule has 0 bridgehead atoms. The van der Waals surface area contributed by atoms with Crippen LogP contribution in [-0.2, 0) is 23.7 Å². The van der Waals surface area contributed by atoms with E-state index < -0.39 is 0 Å². The maximum Gasteiger partial charge on any atom is 0.0598 e. The lowest BCUT2D eigenvalue weighted by Crippen LogP contribution is -2.30. The van der Waals surface area contributed by atoms with Gasteiger partial charge in [0.25, 0.3) is 0 Å². The molecule has 3 heteroatoms. The Kier molecular flexibility index (Phi) is 7.13. The van der Waals surface area contributed by atoms with E-state index in [9.17, 15) is 0 Å². The molecule has 0 fully saturated rings. The third-order valence-corrected chi connectivity index (χ3v) is 11.3. The summed E-state index contributed by atoms with van der Waals surface area (Å²) in [5.41, 5.74) is 15.9. The molecule has 0 aromatic heterocycles. The van der Waals surface area contributed by atoms with Gasteiger partial charge in [-0.1, -0.05) is 142 Å². The highest BCUT2D eigenvalue weighted by Crippen LogP contribution is 2.53. The van der Waals surface area contributed by atoms with Crippen LogP contribution in [0.15, 0.2) is 127 Å². The first-order valence-electron chi connectivity index (χ1n) is 16.5. The van der Waals surface area contributed by atoms with Gasteiger partial charge in [-0.2, -0.15) is 0 Å². The molecule has 0 saturated heterocycles. The molecule has 47 heavy (non-hydrogen) atoms. The van der Waals surface area contributed by atoms with Gasteiger partial charge in [0.1, 0.15) is 0 Å². The summed E-state index contributed by atoms with van der Waals surface area (Å²) < 4.78 is 0. The van der Waals surface area contributed by atoms with Crippen molar-refractivity contribution in [3.05, 3.63) is 171 Å². The molecule has 1 nitrogen and oxygen atoms in total. The second kappa shape index (κ2) is 11.2. The Morgan fingerprint density at radius 3 is 1.49 bits per heavy atom. The predicted molar refractivity (Wildman–Crippen MR) is 200 cm³/mol. The van der Waals surface area contributed by atoms with Gasteiger partial charge in [-0.3, -0.25) is 0 Å². The number of nitrogens with zero attached hydrogens (tertiary/aromatic N) is 1. The Bertz CT molecular complexity index is 2140. The van der Waals surface area contributed by atoms with Crippen molar-refractivity contribution in [1.82, 2.24) is 0 Å². The predicted octanol–water partition coefficient (Wildman–Crippen LogP) is 12.9. The summed E-state index contributed by atoms with van der Waals surface area (Å²) in [4.78, 5) is 2.46. The molecule has 1 aliphatic heterocycles. The standard InChI is InChI=1S/C44H37Cl2N/c1-43(2)35-15-7-5-13-31(35)33-26-30(47-41-19-11-9-17-37(41)44(3,4)38-18-10-12-20-42(38)47)24-23-28(33)21-22-29-25-39(45)40(46)27-34(29)32-14-6-8-16-36(32)43/h5-20,23-27H,21-22H2,1-4H3. The van der Waals surface area contributed by atoms with Crippen molar-refractivity contribution in [2.45, 2.75) is 51.4 Å². The highest BCUT2D eigenvalue weighted by molar-refractivity contribution is 6.42. The molecule has 0 atom stereocenters. The molecule has 6 aromatic rings. The minimum absolute atomic E-state index is 0.108. The number of halogens is 2. The topological polar surface area (TPSA) is 3.24 Å². The Labute approximate surface area is 288 Å². The van der Waals surface area contributed by atoms with Gasteiger partial charge in [0.2, 0.25) is 0 Å². The molecule has 1 aliphatic carbocycles. The van der Waals surface area contributed by atoms with Gasteiger partial charge in [-0.15, -0.1) is 0 Å². The van der Waals surface area contributed by atoms with Crippen LogP contribution < -0.4 is 4.90 Å². The number of para-hydroxylation sites is 2. The summed E-state index contributed by atoms with van der Waals surface area (Å²) in [5, 5.41) is 1.19. The molecule has 0 amide bonds. The van der Waals surface area contributed by atoms with Crippen molar-refractivity contribution in [2.24, 2.45) is 0 Å². The molecule has 0 saturated carbocycles. The lowest BCUT2D eigenvalue weighted by Gasteiger charge is -2.42. The first kappa shape index (κ1) is 30.1. The second-order valence-corrected chi connectivity index (χ2v) is 14.8. The van der Waals surface area contributed by atoms with E-state index in [-0.39, 0.29) is 10.8 Å². The van der Waals surface area contributed by atoms with Crippen LogP contribution in [0.4, 0.5) is 17.1 Å². The zero-order valence-electron chi connectivity index (χ0n) is 27.2. The van der Waals surface area contributed by atoms with Gasteiger partial charge in [-0.25, -0.2) is 0 Å². The van der Waals surface area contributed by atoms with E-state index in [1.807, 2.05) is 0 Å². The zero-order chi connectivity index (χ0) is 32.5. The Morgan fingerprint density at radius 1 is 0.447 bits per heavy atom. The van der Waals surface area contributed by atoms with Crippen LogP contribution >= 0.6 is 23.2 Å². The number of benzene rings is 6. The fourth-order valence-corrected chi connectivity index (χ4v) is 8.46. The normalized spacial score (nSPS) is 15.6. The first-order chi connectivity index (χ1) is 22.7. The summed E-state index contributed by atoms with van der Waals surface area (Å²) in [5.74, 6) is 0. The first-order valence-corrected chi connectivity index (χ1v) is 17.2. The highest BCUT2D eigenvalue weighted by atomic mass is 35.5. The Hall–Kier alpha value is -4.30. The maximum absolute atomic E-state index is 6.69. The fraction of sp³-hybridized carbons (Fsp3) is 0.182. The smallest absolute Gasteiger partial charge is 0.0598 e. The van der Waals surface area contributed by atoms with E-state index in [1.54, 1.807) is 0 Å². The number of anilines is 3. The van der Waals surface area contributed by atoms with Crippen LogP contribution in [0.25, 0.3) is 22.3 Å². The molecular weight excluding hydrogens is 613 g/mol. The summed E-state index contributed by atoms with van der Waals surface area (Å²) in [7, 11) is 0. The zero-order valence-corrected chi connectivity index (χ0v) is 28.8. The van der Waals surface area contributed by atoms with Gasteiger partial charge in [0.05, 0.1) is 21.4 Å². The van der Waals surface area contributed by atoms with E-state index in [0.717, 1.165) is 24.1 Å². The molecular formula is C44H37Cl2N. The van der Waals surface area contributed by atoms with Crippen molar-refractivity contribution in [3.63, 3.8) is 0 Å². The highest BCUT2D eigenvalue weighted by Gasteiger charge is 2.37. The van der Waals surface area contributed by atoms with E-state index in [1.165, 1.54) is 61.4 Å². The quantitative estimate of drug-likeness (QED) is 0.171. The molecule has 0 N–H and O–H groups in total. The van der Waals surface area contributed by atoms with E-state index in [4.69, 9.17) is 23.2 Å². The fourth-order valence-electron chi connectivity index (χ4n) is 8.11. The minimum Gasteiger partial charge on any atom is -0.310 e. The van der Waals surface area contributed by atoms with Crippen LogP contribution in [0.1, 0.15) is 61.1 Å². The summed E-state index contributed by atoms with van der Waals surface area (Å²) >= 11 is 13.4. The molecule has 0 unspecified atom stereocenters. The van der Waals surface area contributed by atoms with Crippen molar-refractivity contribution in [3.8, 4) is 22.3 Å². The van der Waals surface area contributed by atoms with Crippen LogP contribution in [0.5, 0.6) is 0 Å². The average molecular weight is 651 g/mol. The van der Waals surface area contributed by atoms with E-state index >= 15 is 0 Å². The van der Waals surface area contributed by atoms with Gasteiger partial charge >= 0.3 is 0 Å². The van der Waals surface area contributed by atoms with Gasteiger partial charge in [-0.05, 0) is 105 Å². The number of hydrogen-bond acceptors (Lipinski definition) is 1. The number of aryl methyl sites for hydroxylation is 2. The number of fused-ring (bicyclic) bond motifs is 8. The van der Waals surface area contributed by atoms with Crippen LogP contribution in [0.2, 0.25) is 10.0 Å². The summed E-state index contributed by atoms with van der Waals surface area (Å²) in [6.45, 7) is 9.38. The molecule has 8 rings (SSSR count). The third-order valence-electron chi connectivity index (χ3n) is 10.6. The third kappa shape index (κ3) is 4.74. The molecule has 2 aliphatic rings. The summed E-state index contributed by atoms with van der Waals surface area (Å²) in [6.07, 6.45) is 1.72. The monoisotopic (exact) mass is 649 g/mol. The number of rotatable bonds is 1. The SMILES string of the molecule is CC1(C)c2ccccc2-c2cc(N3c4ccccc4C(C)(C)c4ccccc43)ccc2CCc2cc(Cl)c(Cl)cc2-c2ccccc21. The van der Waals surface area contributed by atoms with E-state index in [0.29, 0.717) is 10.0 Å². The lowest BCUT2D eigenvalue weighted by molar-refractivity contribution is 0.632. The van der Waals surface area contributed by atoms with Crippen molar-refractivity contribution in [2.75, 3.05) is 4.90 Å². The second-order valence-electron chi connectivity index (χ2n) is 14.0. The van der Waals surface area contributed by atoms with Gasteiger partial charge < -0.3 is 4.90 Å². The van der Waals surface area contributed by atoms with Gasteiger partial charge in [0.15, 0.2) is 0 Å². The molecule has 1 heterocycles. The number of hydrogen-bond donors (Lipinski definition) is 0. The molecule has 0 radical (unpaired) electrons.